The normalized spacial score (nSPS) is 10.8. The molecule has 0 aliphatic carbocycles. The van der Waals surface area contributed by atoms with Crippen molar-refractivity contribution in [2.45, 2.75) is 26.5 Å². The van der Waals surface area contributed by atoms with Gasteiger partial charge in [0.25, 0.3) is 5.91 Å². The molecule has 1 amide bonds. The second kappa shape index (κ2) is 7.77. The maximum absolute atomic E-state index is 13.0. The SMILES string of the molecule is CC(C)Oc1ncccc1CNC(=O)c1cc(-c2ccc(F)cc2)n[nH]1. The van der Waals surface area contributed by atoms with E-state index >= 15 is 0 Å². The molecule has 0 aliphatic rings. The fourth-order valence-electron chi connectivity index (χ4n) is 2.37. The van der Waals surface area contributed by atoms with Crippen LogP contribution in [0, 0.1) is 5.82 Å². The molecule has 0 aliphatic heterocycles. The van der Waals surface area contributed by atoms with Gasteiger partial charge >= 0.3 is 0 Å². The molecule has 3 rings (SSSR count). The van der Waals surface area contributed by atoms with E-state index in [4.69, 9.17) is 4.74 Å². The molecule has 3 aromatic rings. The number of nitrogens with zero attached hydrogens (tertiary/aromatic N) is 2. The van der Waals surface area contributed by atoms with Gasteiger partial charge in [-0.25, -0.2) is 9.37 Å². The lowest BCUT2D eigenvalue weighted by Gasteiger charge is -2.13. The van der Waals surface area contributed by atoms with E-state index in [1.807, 2.05) is 19.9 Å². The largest absolute Gasteiger partial charge is 0.475 e. The van der Waals surface area contributed by atoms with E-state index in [1.54, 1.807) is 30.5 Å². The third-order valence-corrected chi connectivity index (χ3v) is 3.60. The molecule has 0 saturated carbocycles. The number of benzene rings is 1. The average Bonchev–Trinajstić information content (AvgIpc) is 3.11. The Hall–Kier alpha value is -3.22. The molecule has 0 unspecified atom stereocenters. The molecule has 134 valence electrons. The molecule has 26 heavy (non-hydrogen) atoms. The summed E-state index contributed by atoms with van der Waals surface area (Å²) in [6.07, 6.45) is 1.64. The standard InChI is InChI=1S/C19H19FN4O2/c1-12(2)26-19-14(4-3-9-21-19)11-22-18(25)17-10-16(23-24-17)13-5-7-15(20)8-6-13/h3-10,12H,11H2,1-2H3,(H,22,25)(H,23,24). The maximum Gasteiger partial charge on any atom is 0.269 e. The Labute approximate surface area is 150 Å². The van der Waals surface area contributed by atoms with Crippen molar-refractivity contribution in [3.8, 4) is 17.1 Å². The van der Waals surface area contributed by atoms with Crippen molar-refractivity contribution in [2.24, 2.45) is 0 Å². The van der Waals surface area contributed by atoms with Gasteiger partial charge in [0, 0.05) is 23.9 Å². The molecule has 6 nitrogen and oxygen atoms in total. The molecule has 2 heterocycles. The third-order valence-electron chi connectivity index (χ3n) is 3.60. The number of hydrogen-bond acceptors (Lipinski definition) is 4. The summed E-state index contributed by atoms with van der Waals surface area (Å²) in [5.41, 5.74) is 2.40. The number of H-pyrrole nitrogens is 1. The van der Waals surface area contributed by atoms with Crippen molar-refractivity contribution in [1.29, 1.82) is 0 Å². The van der Waals surface area contributed by atoms with Crippen LogP contribution in [0.2, 0.25) is 0 Å². The van der Waals surface area contributed by atoms with Gasteiger partial charge in [-0.05, 0) is 50.2 Å². The Morgan fingerprint density at radius 1 is 1.27 bits per heavy atom. The third kappa shape index (κ3) is 4.24. The number of nitrogens with one attached hydrogen (secondary N) is 2. The second-order valence-electron chi connectivity index (χ2n) is 5.99. The van der Waals surface area contributed by atoms with E-state index in [0.29, 0.717) is 17.3 Å². The number of carbonyl (C=O) groups is 1. The fraction of sp³-hybridized carbons (Fsp3) is 0.211. The number of rotatable bonds is 6. The number of amides is 1. The number of ether oxygens (including phenoxy) is 1. The first-order valence-electron chi connectivity index (χ1n) is 8.23. The highest BCUT2D eigenvalue weighted by molar-refractivity contribution is 5.93. The first-order valence-corrected chi connectivity index (χ1v) is 8.23. The minimum Gasteiger partial charge on any atom is -0.475 e. The molecule has 0 fully saturated rings. The van der Waals surface area contributed by atoms with Crippen LogP contribution in [0.4, 0.5) is 4.39 Å². The Bertz CT molecular complexity index is 891. The van der Waals surface area contributed by atoms with Crippen LogP contribution in [-0.4, -0.2) is 27.2 Å². The van der Waals surface area contributed by atoms with Gasteiger partial charge in [-0.15, -0.1) is 0 Å². The number of hydrogen-bond donors (Lipinski definition) is 2. The van der Waals surface area contributed by atoms with Crippen molar-refractivity contribution in [2.75, 3.05) is 0 Å². The Balaban J connectivity index is 1.67. The van der Waals surface area contributed by atoms with E-state index in [-0.39, 0.29) is 24.4 Å². The second-order valence-corrected chi connectivity index (χ2v) is 5.99. The molecular formula is C19H19FN4O2. The molecule has 2 aromatic heterocycles. The number of aromatic nitrogens is 3. The van der Waals surface area contributed by atoms with Gasteiger partial charge in [0.2, 0.25) is 5.88 Å². The zero-order valence-electron chi connectivity index (χ0n) is 14.5. The summed E-state index contributed by atoms with van der Waals surface area (Å²) in [6.45, 7) is 4.11. The van der Waals surface area contributed by atoms with Crippen LogP contribution < -0.4 is 10.1 Å². The highest BCUT2D eigenvalue weighted by Crippen LogP contribution is 2.19. The van der Waals surface area contributed by atoms with E-state index in [2.05, 4.69) is 20.5 Å². The van der Waals surface area contributed by atoms with E-state index in [9.17, 15) is 9.18 Å². The van der Waals surface area contributed by atoms with Crippen LogP contribution in [0.5, 0.6) is 5.88 Å². The number of aromatic amines is 1. The first kappa shape index (κ1) is 17.6. The first-order chi connectivity index (χ1) is 12.5. The highest BCUT2D eigenvalue weighted by Gasteiger charge is 2.13. The minimum atomic E-state index is -0.321. The van der Waals surface area contributed by atoms with Crippen LogP contribution in [-0.2, 0) is 6.54 Å². The van der Waals surface area contributed by atoms with Gasteiger partial charge in [0.05, 0.1) is 11.8 Å². The minimum absolute atomic E-state index is 0.00905. The van der Waals surface area contributed by atoms with Crippen molar-refractivity contribution >= 4 is 5.91 Å². The van der Waals surface area contributed by atoms with E-state index < -0.39 is 0 Å². The zero-order chi connectivity index (χ0) is 18.5. The average molecular weight is 354 g/mol. The molecule has 1 aromatic carbocycles. The zero-order valence-corrected chi connectivity index (χ0v) is 14.5. The summed E-state index contributed by atoms with van der Waals surface area (Å²) in [5.74, 6) is -0.122. The Morgan fingerprint density at radius 2 is 2.04 bits per heavy atom. The van der Waals surface area contributed by atoms with Gasteiger partial charge in [0.15, 0.2) is 0 Å². The molecule has 0 atom stereocenters. The van der Waals surface area contributed by atoms with Crippen molar-refractivity contribution in [3.63, 3.8) is 0 Å². The Kier molecular flexibility index (Phi) is 5.26. The molecule has 0 radical (unpaired) electrons. The van der Waals surface area contributed by atoms with Crippen LogP contribution in [0.15, 0.2) is 48.7 Å². The lowest BCUT2D eigenvalue weighted by atomic mass is 10.1. The van der Waals surface area contributed by atoms with E-state index in [0.717, 1.165) is 11.1 Å². The topological polar surface area (TPSA) is 79.9 Å². The van der Waals surface area contributed by atoms with Crippen molar-refractivity contribution in [1.82, 2.24) is 20.5 Å². The smallest absolute Gasteiger partial charge is 0.269 e. The molecule has 7 heteroatoms. The predicted molar refractivity (Wildman–Crippen MR) is 95.2 cm³/mol. The molecule has 2 N–H and O–H groups in total. The van der Waals surface area contributed by atoms with Gasteiger partial charge in [-0.1, -0.05) is 6.07 Å². The summed E-state index contributed by atoms with van der Waals surface area (Å²) < 4.78 is 18.6. The number of halogens is 1. The van der Waals surface area contributed by atoms with Gasteiger partial charge < -0.3 is 10.1 Å². The van der Waals surface area contributed by atoms with Gasteiger partial charge in [-0.2, -0.15) is 5.10 Å². The molecule has 0 spiro atoms. The van der Waals surface area contributed by atoms with E-state index in [1.165, 1.54) is 12.1 Å². The van der Waals surface area contributed by atoms with Crippen LogP contribution in [0.1, 0.15) is 29.9 Å². The summed E-state index contributed by atoms with van der Waals surface area (Å²) in [6, 6.07) is 11.2. The molecule has 0 bridgehead atoms. The molecule has 0 saturated heterocycles. The van der Waals surface area contributed by atoms with Gasteiger partial charge in [0.1, 0.15) is 11.5 Å². The highest BCUT2D eigenvalue weighted by atomic mass is 19.1. The fourth-order valence-corrected chi connectivity index (χ4v) is 2.37. The predicted octanol–water partition coefficient (Wildman–Crippen LogP) is 3.33. The lowest BCUT2D eigenvalue weighted by Crippen LogP contribution is -2.24. The number of carbonyl (C=O) groups excluding carboxylic acids is 1. The van der Waals surface area contributed by atoms with Crippen LogP contribution >= 0.6 is 0 Å². The van der Waals surface area contributed by atoms with Crippen LogP contribution in [0.25, 0.3) is 11.3 Å². The lowest BCUT2D eigenvalue weighted by molar-refractivity contribution is 0.0945. The van der Waals surface area contributed by atoms with Crippen LogP contribution in [0.3, 0.4) is 0 Å². The van der Waals surface area contributed by atoms with Gasteiger partial charge in [-0.3, -0.25) is 9.89 Å². The summed E-state index contributed by atoms with van der Waals surface area (Å²) in [4.78, 5) is 16.5. The quantitative estimate of drug-likeness (QED) is 0.712. The Morgan fingerprint density at radius 3 is 2.77 bits per heavy atom. The summed E-state index contributed by atoms with van der Waals surface area (Å²) in [5, 5.41) is 9.62. The van der Waals surface area contributed by atoms with Crippen molar-refractivity contribution < 1.29 is 13.9 Å². The maximum atomic E-state index is 13.0. The monoisotopic (exact) mass is 354 g/mol. The summed E-state index contributed by atoms with van der Waals surface area (Å²) in [7, 11) is 0. The number of pyridine rings is 1. The molecular weight excluding hydrogens is 335 g/mol. The summed E-state index contributed by atoms with van der Waals surface area (Å²) >= 11 is 0. The van der Waals surface area contributed by atoms with Crippen molar-refractivity contribution in [3.05, 3.63) is 65.7 Å².